The van der Waals surface area contributed by atoms with Crippen LogP contribution in [0.2, 0.25) is 0 Å². The molecule has 1 aromatic rings. The van der Waals surface area contributed by atoms with E-state index in [2.05, 4.69) is 5.32 Å². The van der Waals surface area contributed by atoms with Gasteiger partial charge in [0.2, 0.25) is 11.8 Å². The lowest BCUT2D eigenvalue weighted by atomic mass is 10.1. The third-order valence-electron chi connectivity index (χ3n) is 4.22. The van der Waals surface area contributed by atoms with Crippen molar-refractivity contribution in [1.82, 2.24) is 10.2 Å². The number of carbonyl (C=O) groups is 2. The second kappa shape index (κ2) is 7.99. The second-order valence-corrected chi connectivity index (χ2v) is 6.37. The first-order valence-electron chi connectivity index (χ1n) is 8.18. The molecule has 0 radical (unpaired) electrons. The SMILES string of the molecule is COc1cccc(CCC(=O)NCC2CC(=O)N(C(C)C)C2)c1. The number of ether oxygens (including phenoxy) is 1. The zero-order valence-electron chi connectivity index (χ0n) is 14.2. The fourth-order valence-electron chi connectivity index (χ4n) is 2.88. The summed E-state index contributed by atoms with van der Waals surface area (Å²) < 4.78 is 5.18. The Morgan fingerprint density at radius 1 is 1.43 bits per heavy atom. The zero-order chi connectivity index (χ0) is 16.8. The molecule has 0 spiro atoms. The van der Waals surface area contributed by atoms with E-state index >= 15 is 0 Å². The van der Waals surface area contributed by atoms with E-state index in [9.17, 15) is 9.59 Å². The number of rotatable bonds is 7. The van der Waals surface area contributed by atoms with E-state index in [1.54, 1.807) is 7.11 Å². The summed E-state index contributed by atoms with van der Waals surface area (Å²) >= 11 is 0. The molecule has 1 aromatic carbocycles. The first-order chi connectivity index (χ1) is 11.0. The van der Waals surface area contributed by atoms with Crippen LogP contribution >= 0.6 is 0 Å². The minimum absolute atomic E-state index is 0.0308. The number of methoxy groups -OCH3 is 1. The van der Waals surface area contributed by atoms with Crippen LogP contribution in [0, 0.1) is 5.92 Å². The number of aryl methyl sites for hydroxylation is 1. The summed E-state index contributed by atoms with van der Waals surface area (Å²) in [5.41, 5.74) is 1.08. The van der Waals surface area contributed by atoms with Crippen LogP contribution < -0.4 is 10.1 Å². The molecular formula is C18H26N2O3. The number of nitrogens with zero attached hydrogens (tertiary/aromatic N) is 1. The van der Waals surface area contributed by atoms with Crippen LogP contribution in [0.4, 0.5) is 0 Å². The molecule has 1 aliphatic rings. The molecule has 0 bridgehead atoms. The largest absolute Gasteiger partial charge is 0.497 e. The van der Waals surface area contributed by atoms with Gasteiger partial charge in [0, 0.05) is 37.9 Å². The Hall–Kier alpha value is -2.04. The highest BCUT2D eigenvalue weighted by Gasteiger charge is 2.30. The molecule has 1 fully saturated rings. The quantitative estimate of drug-likeness (QED) is 0.836. The average molecular weight is 318 g/mol. The number of nitrogens with one attached hydrogen (secondary N) is 1. The molecule has 0 aliphatic carbocycles. The van der Waals surface area contributed by atoms with E-state index in [1.807, 2.05) is 43.0 Å². The summed E-state index contributed by atoms with van der Waals surface area (Å²) in [5, 5.41) is 2.95. The minimum Gasteiger partial charge on any atom is -0.497 e. The maximum Gasteiger partial charge on any atom is 0.223 e. The Bertz CT molecular complexity index is 557. The number of benzene rings is 1. The first-order valence-corrected chi connectivity index (χ1v) is 8.18. The Balaban J connectivity index is 1.72. The van der Waals surface area contributed by atoms with Crippen LogP contribution in [0.25, 0.3) is 0 Å². The molecule has 23 heavy (non-hydrogen) atoms. The maximum atomic E-state index is 12.0. The molecule has 1 atom stereocenters. The lowest BCUT2D eigenvalue weighted by Gasteiger charge is -2.21. The predicted octanol–water partition coefficient (Wildman–Crippen LogP) is 2.00. The van der Waals surface area contributed by atoms with Gasteiger partial charge >= 0.3 is 0 Å². The lowest BCUT2D eigenvalue weighted by Crippen LogP contribution is -2.34. The van der Waals surface area contributed by atoms with E-state index in [-0.39, 0.29) is 23.8 Å². The van der Waals surface area contributed by atoms with Gasteiger partial charge in [-0.2, -0.15) is 0 Å². The summed E-state index contributed by atoms with van der Waals surface area (Å²) in [6, 6.07) is 7.99. The van der Waals surface area contributed by atoms with Gasteiger partial charge in [-0.15, -0.1) is 0 Å². The van der Waals surface area contributed by atoms with E-state index < -0.39 is 0 Å². The predicted molar refractivity (Wildman–Crippen MR) is 89.3 cm³/mol. The summed E-state index contributed by atoms with van der Waals surface area (Å²) in [4.78, 5) is 25.7. The molecule has 2 rings (SSSR count). The van der Waals surface area contributed by atoms with Crippen molar-refractivity contribution >= 4 is 11.8 Å². The molecule has 126 valence electrons. The summed E-state index contributed by atoms with van der Waals surface area (Å²) in [5.74, 6) is 1.26. The number of amides is 2. The van der Waals surface area contributed by atoms with Crippen LogP contribution in [-0.2, 0) is 16.0 Å². The van der Waals surface area contributed by atoms with Gasteiger partial charge in [-0.1, -0.05) is 12.1 Å². The Morgan fingerprint density at radius 2 is 2.22 bits per heavy atom. The highest BCUT2D eigenvalue weighted by atomic mass is 16.5. The monoisotopic (exact) mass is 318 g/mol. The zero-order valence-corrected chi connectivity index (χ0v) is 14.2. The summed E-state index contributed by atoms with van der Waals surface area (Å²) in [6.07, 6.45) is 1.67. The van der Waals surface area contributed by atoms with Crippen molar-refractivity contribution in [3.63, 3.8) is 0 Å². The number of carbonyl (C=O) groups excluding carboxylic acids is 2. The summed E-state index contributed by atoms with van der Waals surface area (Å²) in [7, 11) is 1.63. The van der Waals surface area contributed by atoms with Crippen molar-refractivity contribution in [3.8, 4) is 5.75 Å². The van der Waals surface area contributed by atoms with Gasteiger partial charge in [-0.3, -0.25) is 9.59 Å². The Morgan fingerprint density at radius 3 is 2.87 bits per heavy atom. The number of hydrogen-bond acceptors (Lipinski definition) is 3. The molecule has 2 amide bonds. The maximum absolute atomic E-state index is 12.0. The van der Waals surface area contributed by atoms with E-state index in [0.29, 0.717) is 25.8 Å². The van der Waals surface area contributed by atoms with Crippen molar-refractivity contribution in [1.29, 1.82) is 0 Å². The molecule has 1 heterocycles. The Labute approximate surface area is 138 Å². The smallest absolute Gasteiger partial charge is 0.223 e. The van der Waals surface area contributed by atoms with Gasteiger partial charge in [-0.05, 0) is 38.0 Å². The molecule has 0 aromatic heterocycles. The van der Waals surface area contributed by atoms with Crippen LogP contribution in [0.1, 0.15) is 32.3 Å². The van der Waals surface area contributed by atoms with Crippen LogP contribution in [0.3, 0.4) is 0 Å². The highest BCUT2D eigenvalue weighted by Crippen LogP contribution is 2.19. The fraction of sp³-hybridized carbons (Fsp3) is 0.556. The van der Waals surface area contributed by atoms with Gasteiger partial charge in [0.05, 0.1) is 7.11 Å². The van der Waals surface area contributed by atoms with Crippen molar-refractivity contribution in [3.05, 3.63) is 29.8 Å². The van der Waals surface area contributed by atoms with Crippen molar-refractivity contribution in [2.24, 2.45) is 5.92 Å². The van der Waals surface area contributed by atoms with Crippen molar-refractivity contribution < 1.29 is 14.3 Å². The molecule has 5 nitrogen and oxygen atoms in total. The van der Waals surface area contributed by atoms with Gasteiger partial charge in [0.25, 0.3) is 0 Å². The van der Waals surface area contributed by atoms with Gasteiger partial charge in [0.1, 0.15) is 5.75 Å². The molecular weight excluding hydrogens is 292 g/mol. The van der Waals surface area contributed by atoms with Crippen molar-refractivity contribution in [2.45, 2.75) is 39.2 Å². The highest BCUT2D eigenvalue weighted by molar-refractivity contribution is 5.79. The van der Waals surface area contributed by atoms with Crippen molar-refractivity contribution in [2.75, 3.05) is 20.2 Å². The van der Waals surface area contributed by atoms with Gasteiger partial charge in [-0.25, -0.2) is 0 Å². The molecule has 1 aliphatic heterocycles. The first kappa shape index (κ1) is 17.3. The van der Waals surface area contributed by atoms with E-state index in [1.165, 1.54) is 0 Å². The fourth-order valence-corrected chi connectivity index (χ4v) is 2.88. The summed E-state index contributed by atoms with van der Waals surface area (Å²) in [6.45, 7) is 5.36. The molecule has 1 unspecified atom stereocenters. The normalized spacial score (nSPS) is 17.7. The average Bonchev–Trinajstić information content (AvgIpc) is 2.92. The third kappa shape index (κ3) is 4.98. The van der Waals surface area contributed by atoms with E-state index in [0.717, 1.165) is 17.9 Å². The Kier molecular flexibility index (Phi) is 6.02. The molecule has 1 saturated heterocycles. The third-order valence-corrected chi connectivity index (χ3v) is 4.22. The minimum atomic E-state index is 0.0308. The standard InChI is InChI=1S/C18H26N2O3/c1-13(2)20-12-15(10-18(20)22)11-19-17(21)8-7-14-5-4-6-16(9-14)23-3/h4-6,9,13,15H,7-8,10-12H2,1-3H3,(H,19,21). The van der Waals surface area contributed by atoms with E-state index in [4.69, 9.17) is 4.74 Å². The number of hydrogen-bond donors (Lipinski definition) is 1. The van der Waals surface area contributed by atoms with Gasteiger partial charge in [0.15, 0.2) is 0 Å². The van der Waals surface area contributed by atoms with Crippen LogP contribution in [0.5, 0.6) is 5.75 Å². The molecule has 0 saturated carbocycles. The lowest BCUT2D eigenvalue weighted by molar-refractivity contribution is -0.129. The second-order valence-electron chi connectivity index (χ2n) is 6.37. The number of likely N-dealkylation sites (tertiary alicyclic amines) is 1. The van der Waals surface area contributed by atoms with Crippen LogP contribution in [0.15, 0.2) is 24.3 Å². The molecule has 1 N–H and O–H groups in total. The topological polar surface area (TPSA) is 58.6 Å². The van der Waals surface area contributed by atoms with Crippen LogP contribution in [-0.4, -0.2) is 43.0 Å². The molecule has 5 heteroatoms. The van der Waals surface area contributed by atoms with Gasteiger partial charge < -0.3 is 15.0 Å².